The molecule has 13 heavy (non-hydrogen) atoms. The van der Waals surface area contributed by atoms with Crippen molar-refractivity contribution in [2.45, 2.75) is 0 Å². The molecule has 1 rings (SSSR count). The van der Waals surface area contributed by atoms with E-state index in [1.54, 1.807) is 19.2 Å². The molecule has 0 bridgehead atoms. The first-order valence-electron chi connectivity index (χ1n) is 3.67. The molecule has 1 heterocycles. The molecule has 0 aliphatic rings. The number of hydrogen-bond donors (Lipinski definition) is 1. The number of nitrogens with one attached hydrogen (secondary N) is 1. The number of carbonyl (C=O) groups is 1. The molecule has 1 aromatic rings. The zero-order chi connectivity index (χ0) is 9.68. The third kappa shape index (κ3) is 3.29. The molecule has 0 spiro atoms. The zero-order valence-corrected chi connectivity index (χ0v) is 7.84. The summed E-state index contributed by atoms with van der Waals surface area (Å²) in [5.41, 5.74) is 0. The van der Waals surface area contributed by atoms with E-state index in [9.17, 15) is 4.79 Å². The van der Waals surface area contributed by atoms with Crippen molar-refractivity contribution in [1.82, 2.24) is 10.3 Å². The van der Waals surface area contributed by atoms with Gasteiger partial charge in [0.2, 0.25) is 0 Å². The Balaban J connectivity index is 2.46. The van der Waals surface area contributed by atoms with Crippen molar-refractivity contribution in [3.05, 3.63) is 23.5 Å². The molecule has 0 fully saturated rings. The molecule has 4 nitrogen and oxygen atoms in total. The summed E-state index contributed by atoms with van der Waals surface area (Å²) in [7, 11) is 1.55. The molecule has 0 aliphatic heterocycles. The minimum Gasteiger partial charge on any atom is -0.482 e. The van der Waals surface area contributed by atoms with Gasteiger partial charge in [0.15, 0.2) is 6.61 Å². The first-order chi connectivity index (χ1) is 6.22. The van der Waals surface area contributed by atoms with Crippen molar-refractivity contribution in [1.29, 1.82) is 0 Å². The van der Waals surface area contributed by atoms with Crippen LogP contribution in [0.15, 0.2) is 18.3 Å². The van der Waals surface area contributed by atoms with Crippen LogP contribution in [-0.4, -0.2) is 24.5 Å². The molecule has 0 aromatic carbocycles. The summed E-state index contributed by atoms with van der Waals surface area (Å²) in [6.45, 7) is -0.0141. The standard InChI is InChI=1S/C8H9ClN2O2/c1-10-8(12)5-13-6-2-3-7(9)11-4-6/h2-4H,5H2,1H3,(H,10,12). The van der Waals surface area contributed by atoms with Gasteiger partial charge in [-0.2, -0.15) is 0 Å². The van der Waals surface area contributed by atoms with Crippen LogP contribution < -0.4 is 10.1 Å². The van der Waals surface area contributed by atoms with Gasteiger partial charge in [0.25, 0.3) is 5.91 Å². The number of amides is 1. The highest BCUT2D eigenvalue weighted by atomic mass is 35.5. The Labute approximate surface area is 80.9 Å². The first-order valence-corrected chi connectivity index (χ1v) is 4.05. The summed E-state index contributed by atoms with van der Waals surface area (Å²) >= 11 is 5.56. The van der Waals surface area contributed by atoms with Gasteiger partial charge in [-0.25, -0.2) is 4.98 Å². The summed E-state index contributed by atoms with van der Waals surface area (Å²) in [6.07, 6.45) is 1.46. The predicted octanol–water partition coefficient (Wildman–Crippen LogP) is 0.860. The van der Waals surface area contributed by atoms with Crippen LogP contribution in [0.1, 0.15) is 0 Å². The van der Waals surface area contributed by atoms with Crippen LogP contribution in [0.5, 0.6) is 5.75 Å². The second-order valence-electron chi connectivity index (χ2n) is 2.28. The summed E-state index contributed by atoms with van der Waals surface area (Å²) in [5, 5.41) is 2.83. The molecule has 0 saturated carbocycles. The highest BCUT2D eigenvalue weighted by Gasteiger charge is 1.99. The van der Waals surface area contributed by atoms with Crippen molar-refractivity contribution in [3.63, 3.8) is 0 Å². The molecule has 1 amide bonds. The van der Waals surface area contributed by atoms with Crippen molar-refractivity contribution >= 4 is 17.5 Å². The first kappa shape index (κ1) is 9.80. The Hall–Kier alpha value is -1.29. The molecule has 0 aliphatic carbocycles. The van der Waals surface area contributed by atoms with Crippen LogP contribution in [0.4, 0.5) is 0 Å². The van der Waals surface area contributed by atoms with Gasteiger partial charge in [0, 0.05) is 7.05 Å². The van der Waals surface area contributed by atoms with Gasteiger partial charge in [-0.05, 0) is 12.1 Å². The topological polar surface area (TPSA) is 51.2 Å². The maximum atomic E-state index is 10.8. The van der Waals surface area contributed by atoms with Crippen molar-refractivity contribution in [2.24, 2.45) is 0 Å². The average Bonchev–Trinajstić information content (AvgIpc) is 2.16. The Morgan fingerprint density at radius 1 is 1.69 bits per heavy atom. The number of halogens is 1. The Kier molecular flexibility index (Phi) is 3.52. The smallest absolute Gasteiger partial charge is 0.257 e. The SMILES string of the molecule is CNC(=O)COc1ccc(Cl)nc1. The average molecular weight is 201 g/mol. The lowest BCUT2D eigenvalue weighted by Gasteiger charge is -2.03. The fourth-order valence-electron chi connectivity index (χ4n) is 0.669. The van der Waals surface area contributed by atoms with E-state index < -0.39 is 0 Å². The fraction of sp³-hybridized carbons (Fsp3) is 0.250. The monoisotopic (exact) mass is 200 g/mol. The Morgan fingerprint density at radius 3 is 3.00 bits per heavy atom. The van der Waals surface area contributed by atoms with Gasteiger partial charge >= 0.3 is 0 Å². The van der Waals surface area contributed by atoms with Gasteiger partial charge in [-0.15, -0.1) is 0 Å². The lowest BCUT2D eigenvalue weighted by Crippen LogP contribution is -2.24. The molecular weight excluding hydrogens is 192 g/mol. The number of hydrogen-bond acceptors (Lipinski definition) is 3. The van der Waals surface area contributed by atoms with Crippen LogP contribution in [0.2, 0.25) is 5.15 Å². The molecule has 1 aromatic heterocycles. The third-order valence-electron chi connectivity index (χ3n) is 1.35. The Bertz CT molecular complexity index is 287. The number of carbonyl (C=O) groups excluding carboxylic acids is 1. The van der Waals surface area contributed by atoms with E-state index in [1.807, 2.05) is 0 Å². The van der Waals surface area contributed by atoms with Crippen molar-refractivity contribution in [2.75, 3.05) is 13.7 Å². The predicted molar refractivity (Wildman–Crippen MR) is 48.8 cm³/mol. The lowest BCUT2D eigenvalue weighted by atomic mass is 10.5. The number of ether oxygens (including phenoxy) is 1. The second kappa shape index (κ2) is 4.67. The van der Waals surface area contributed by atoms with E-state index in [1.165, 1.54) is 6.20 Å². The third-order valence-corrected chi connectivity index (χ3v) is 1.57. The summed E-state index contributed by atoms with van der Waals surface area (Å²) in [6, 6.07) is 3.25. The van der Waals surface area contributed by atoms with Crippen molar-refractivity contribution < 1.29 is 9.53 Å². The number of pyridine rings is 1. The second-order valence-corrected chi connectivity index (χ2v) is 2.67. The highest BCUT2D eigenvalue weighted by Crippen LogP contribution is 2.11. The summed E-state index contributed by atoms with van der Waals surface area (Å²) in [4.78, 5) is 14.6. The van der Waals surface area contributed by atoms with Gasteiger partial charge < -0.3 is 10.1 Å². The minimum absolute atomic E-state index is 0.0141. The van der Waals surface area contributed by atoms with E-state index in [0.29, 0.717) is 10.9 Å². The van der Waals surface area contributed by atoms with Crippen LogP contribution >= 0.6 is 11.6 Å². The largest absolute Gasteiger partial charge is 0.482 e. The van der Waals surface area contributed by atoms with E-state index in [-0.39, 0.29) is 12.5 Å². The van der Waals surface area contributed by atoms with Crippen LogP contribution in [-0.2, 0) is 4.79 Å². The molecular formula is C8H9ClN2O2. The van der Waals surface area contributed by atoms with Crippen LogP contribution in [0.3, 0.4) is 0 Å². The molecule has 1 N–H and O–H groups in total. The molecule has 0 radical (unpaired) electrons. The number of rotatable bonds is 3. The molecule has 0 atom stereocenters. The van der Waals surface area contributed by atoms with Crippen LogP contribution in [0.25, 0.3) is 0 Å². The lowest BCUT2D eigenvalue weighted by molar-refractivity contribution is -0.122. The van der Waals surface area contributed by atoms with Gasteiger partial charge in [0.1, 0.15) is 10.9 Å². The van der Waals surface area contributed by atoms with Gasteiger partial charge in [-0.1, -0.05) is 11.6 Å². The zero-order valence-electron chi connectivity index (χ0n) is 7.08. The fourth-order valence-corrected chi connectivity index (χ4v) is 0.780. The maximum absolute atomic E-state index is 10.8. The van der Waals surface area contributed by atoms with Gasteiger partial charge in [0.05, 0.1) is 6.20 Å². The quantitative estimate of drug-likeness (QED) is 0.737. The Morgan fingerprint density at radius 2 is 2.46 bits per heavy atom. The highest BCUT2D eigenvalue weighted by molar-refractivity contribution is 6.29. The van der Waals surface area contributed by atoms with E-state index in [4.69, 9.17) is 16.3 Å². The normalized spacial score (nSPS) is 9.38. The van der Waals surface area contributed by atoms with E-state index in [0.717, 1.165) is 0 Å². The molecule has 70 valence electrons. The molecule has 0 unspecified atom stereocenters. The van der Waals surface area contributed by atoms with E-state index in [2.05, 4.69) is 10.3 Å². The number of aromatic nitrogens is 1. The summed E-state index contributed by atoms with van der Waals surface area (Å²) < 4.78 is 5.08. The maximum Gasteiger partial charge on any atom is 0.257 e. The summed E-state index contributed by atoms with van der Waals surface area (Å²) in [5.74, 6) is 0.336. The minimum atomic E-state index is -0.185. The van der Waals surface area contributed by atoms with E-state index >= 15 is 0 Å². The molecule has 5 heteroatoms. The number of nitrogens with zero attached hydrogens (tertiary/aromatic N) is 1. The van der Waals surface area contributed by atoms with Gasteiger partial charge in [-0.3, -0.25) is 4.79 Å². The van der Waals surface area contributed by atoms with Crippen molar-refractivity contribution in [3.8, 4) is 5.75 Å². The molecule has 0 saturated heterocycles. The number of likely N-dealkylation sites (N-methyl/N-ethyl adjacent to an activating group) is 1. The van der Waals surface area contributed by atoms with Crippen LogP contribution in [0, 0.1) is 0 Å².